The number of ether oxygens (including phenoxy) is 2. The van der Waals surface area contributed by atoms with Crippen molar-refractivity contribution >= 4 is 5.96 Å². The SMILES string of the molecule is CN=C(NCCN1CCCCC1C)NC1CCN(Cc2cc(OC)cc(OC)c2)C1. The molecule has 0 bridgehead atoms. The fraction of sp³-hybridized carbons (Fsp3) is 0.696. The maximum Gasteiger partial charge on any atom is 0.191 e. The first-order valence-corrected chi connectivity index (χ1v) is 11.3. The maximum atomic E-state index is 5.40. The number of hydrogen-bond acceptors (Lipinski definition) is 5. The van der Waals surface area contributed by atoms with E-state index < -0.39 is 0 Å². The van der Waals surface area contributed by atoms with Crippen LogP contribution in [0.1, 0.15) is 38.2 Å². The first kappa shape index (κ1) is 22.7. The molecular weight excluding hydrogens is 378 g/mol. The molecule has 0 spiro atoms. The lowest BCUT2D eigenvalue weighted by atomic mass is 10.0. The van der Waals surface area contributed by atoms with Gasteiger partial charge in [0.2, 0.25) is 0 Å². The number of aliphatic imine (C=N–C) groups is 1. The van der Waals surface area contributed by atoms with Gasteiger partial charge in [0.25, 0.3) is 0 Å². The molecule has 168 valence electrons. The van der Waals surface area contributed by atoms with Crippen LogP contribution in [-0.2, 0) is 6.54 Å². The van der Waals surface area contributed by atoms with Crippen LogP contribution < -0.4 is 20.1 Å². The highest BCUT2D eigenvalue weighted by molar-refractivity contribution is 5.80. The van der Waals surface area contributed by atoms with Gasteiger partial charge in [-0.25, -0.2) is 0 Å². The van der Waals surface area contributed by atoms with Gasteiger partial charge in [0.15, 0.2) is 5.96 Å². The summed E-state index contributed by atoms with van der Waals surface area (Å²) < 4.78 is 10.8. The molecule has 7 heteroatoms. The van der Waals surface area contributed by atoms with E-state index in [0.717, 1.165) is 56.6 Å². The van der Waals surface area contributed by atoms with Crippen molar-refractivity contribution in [2.75, 3.05) is 54.0 Å². The summed E-state index contributed by atoms with van der Waals surface area (Å²) in [6.07, 6.45) is 5.14. The highest BCUT2D eigenvalue weighted by Gasteiger charge is 2.24. The first-order valence-electron chi connectivity index (χ1n) is 11.3. The van der Waals surface area contributed by atoms with Crippen LogP contribution in [0.4, 0.5) is 0 Å². The first-order chi connectivity index (χ1) is 14.6. The van der Waals surface area contributed by atoms with Crippen LogP contribution in [0.15, 0.2) is 23.2 Å². The Bertz CT molecular complexity index is 674. The van der Waals surface area contributed by atoms with Crippen molar-refractivity contribution in [2.45, 2.75) is 51.2 Å². The molecule has 0 saturated carbocycles. The van der Waals surface area contributed by atoms with Gasteiger partial charge < -0.3 is 20.1 Å². The minimum atomic E-state index is 0.414. The average Bonchev–Trinajstić information content (AvgIpc) is 3.20. The van der Waals surface area contributed by atoms with Crippen molar-refractivity contribution in [1.29, 1.82) is 0 Å². The van der Waals surface area contributed by atoms with Crippen molar-refractivity contribution in [3.05, 3.63) is 23.8 Å². The number of likely N-dealkylation sites (tertiary alicyclic amines) is 2. The Hall–Kier alpha value is -1.99. The second kappa shape index (κ2) is 11.4. The largest absolute Gasteiger partial charge is 0.497 e. The normalized spacial score (nSPS) is 23.4. The molecule has 2 fully saturated rings. The Morgan fingerprint density at radius 2 is 1.87 bits per heavy atom. The number of hydrogen-bond donors (Lipinski definition) is 2. The lowest BCUT2D eigenvalue weighted by molar-refractivity contribution is 0.163. The fourth-order valence-electron chi connectivity index (χ4n) is 4.51. The van der Waals surface area contributed by atoms with E-state index in [1.165, 1.54) is 31.4 Å². The van der Waals surface area contributed by atoms with Crippen molar-refractivity contribution in [3.63, 3.8) is 0 Å². The molecule has 0 aliphatic carbocycles. The molecule has 3 rings (SSSR count). The highest BCUT2D eigenvalue weighted by atomic mass is 16.5. The third-order valence-corrected chi connectivity index (χ3v) is 6.29. The van der Waals surface area contributed by atoms with Gasteiger partial charge in [-0.15, -0.1) is 0 Å². The zero-order valence-corrected chi connectivity index (χ0v) is 19.1. The van der Waals surface area contributed by atoms with Gasteiger partial charge in [-0.1, -0.05) is 6.42 Å². The molecule has 2 saturated heterocycles. The molecule has 2 atom stereocenters. The Morgan fingerprint density at radius 3 is 2.53 bits per heavy atom. The molecule has 2 N–H and O–H groups in total. The summed E-state index contributed by atoms with van der Waals surface area (Å²) in [5.41, 5.74) is 1.21. The minimum absolute atomic E-state index is 0.414. The van der Waals surface area contributed by atoms with E-state index >= 15 is 0 Å². The molecule has 2 heterocycles. The molecule has 1 aromatic rings. The molecule has 2 aliphatic heterocycles. The fourth-order valence-corrected chi connectivity index (χ4v) is 4.51. The predicted molar refractivity (Wildman–Crippen MR) is 123 cm³/mol. The third kappa shape index (κ3) is 6.51. The van der Waals surface area contributed by atoms with Crippen LogP contribution >= 0.6 is 0 Å². The topological polar surface area (TPSA) is 61.4 Å². The smallest absolute Gasteiger partial charge is 0.191 e. The van der Waals surface area contributed by atoms with Gasteiger partial charge in [0, 0.05) is 57.9 Å². The van der Waals surface area contributed by atoms with Crippen LogP contribution in [0, 0.1) is 0 Å². The Balaban J connectivity index is 1.43. The van der Waals surface area contributed by atoms with Crippen molar-refractivity contribution in [2.24, 2.45) is 4.99 Å². The van der Waals surface area contributed by atoms with E-state index in [1.807, 2.05) is 13.1 Å². The van der Waals surface area contributed by atoms with Gasteiger partial charge in [0.1, 0.15) is 11.5 Å². The van der Waals surface area contributed by atoms with E-state index in [9.17, 15) is 0 Å². The summed E-state index contributed by atoms with van der Waals surface area (Å²) >= 11 is 0. The van der Waals surface area contributed by atoms with E-state index in [0.29, 0.717) is 12.1 Å². The summed E-state index contributed by atoms with van der Waals surface area (Å²) in [6.45, 7) is 8.55. The van der Waals surface area contributed by atoms with E-state index in [4.69, 9.17) is 9.47 Å². The molecule has 0 aromatic heterocycles. The van der Waals surface area contributed by atoms with Gasteiger partial charge in [-0.05, 0) is 50.4 Å². The van der Waals surface area contributed by atoms with Crippen LogP contribution in [0.3, 0.4) is 0 Å². The lowest BCUT2D eigenvalue weighted by Crippen LogP contribution is -2.48. The van der Waals surface area contributed by atoms with Gasteiger partial charge in [-0.3, -0.25) is 14.8 Å². The second-order valence-electron chi connectivity index (χ2n) is 8.47. The summed E-state index contributed by atoms with van der Waals surface area (Å²) in [5.74, 6) is 2.59. The zero-order valence-electron chi connectivity index (χ0n) is 19.1. The van der Waals surface area contributed by atoms with Crippen molar-refractivity contribution in [3.8, 4) is 11.5 Å². The third-order valence-electron chi connectivity index (χ3n) is 6.29. The van der Waals surface area contributed by atoms with Crippen molar-refractivity contribution in [1.82, 2.24) is 20.4 Å². The van der Waals surface area contributed by atoms with Crippen LogP contribution in [0.2, 0.25) is 0 Å². The standard InChI is InChI=1S/C23H39N5O2/c1-18-7-5-6-10-28(18)12-9-25-23(24-2)26-20-8-11-27(17-20)16-19-13-21(29-3)15-22(14-19)30-4/h13-15,18,20H,5-12,16-17H2,1-4H3,(H2,24,25,26). The van der Waals surface area contributed by atoms with Gasteiger partial charge in [0.05, 0.1) is 14.2 Å². The molecule has 1 aromatic carbocycles. The number of methoxy groups -OCH3 is 2. The van der Waals surface area contributed by atoms with Crippen LogP contribution in [0.5, 0.6) is 11.5 Å². The van der Waals surface area contributed by atoms with E-state index in [1.54, 1.807) is 14.2 Å². The molecule has 2 aliphatic rings. The quantitative estimate of drug-likeness (QED) is 0.500. The number of benzene rings is 1. The molecule has 0 radical (unpaired) electrons. The summed E-state index contributed by atoms with van der Waals surface area (Å²) in [6, 6.07) is 7.21. The van der Waals surface area contributed by atoms with Crippen molar-refractivity contribution < 1.29 is 9.47 Å². The Kier molecular flexibility index (Phi) is 8.63. The average molecular weight is 418 g/mol. The number of nitrogens with zero attached hydrogens (tertiary/aromatic N) is 3. The number of piperidine rings is 1. The van der Waals surface area contributed by atoms with E-state index in [-0.39, 0.29) is 0 Å². The minimum Gasteiger partial charge on any atom is -0.497 e. The molecule has 30 heavy (non-hydrogen) atoms. The Morgan fingerprint density at radius 1 is 1.10 bits per heavy atom. The number of guanidine groups is 1. The summed E-state index contributed by atoms with van der Waals surface area (Å²) in [4.78, 5) is 9.49. The molecular formula is C23H39N5O2. The Labute approximate surface area is 181 Å². The number of nitrogens with one attached hydrogen (secondary N) is 2. The van der Waals surface area contributed by atoms with Gasteiger partial charge in [-0.2, -0.15) is 0 Å². The second-order valence-corrected chi connectivity index (χ2v) is 8.47. The maximum absolute atomic E-state index is 5.40. The molecule has 0 amide bonds. The van der Waals surface area contributed by atoms with Crippen LogP contribution in [-0.4, -0.2) is 81.8 Å². The van der Waals surface area contributed by atoms with Crippen LogP contribution in [0.25, 0.3) is 0 Å². The molecule has 7 nitrogen and oxygen atoms in total. The van der Waals surface area contributed by atoms with E-state index in [2.05, 4.69) is 44.5 Å². The number of rotatable bonds is 8. The summed E-state index contributed by atoms with van der Waals surface area (Å²) in [5, 5.41) is 7.11. The predicted octanol–water partition coefficient (Wildman–Crippen LogP) is 2.32. The monoisotopic (exact) mass is 417 g/mol. The zero-order chi connectivity index (χ0) is 21.3. The lowest BCUT2D eigenvalue weighted by Gasteiger charge is -2.33. The highest BCUT2D eigenvalue weighted by Crippen LogP contribution is 2.24. The molecule has 2 unspecified atom stereocenters. The summed E-state index contributed by atoms with van der Waals surface area (Å²) in [7, 11) is 5.24. The van der Waals surface area contributed by atoms with Gasteiger partial charge >= 0.3 is 0 Å².